The monoisotopic (exact) mass is 251 g/mol. The smallest absolute Gasteiger partial charge is 0.185 e. The zero-order chi connectivity index (χ0) is 13.3. The van der Waals surface area contributed by atoms with Crippen molar-refractivity contribution >= 4 is 0 Å². The van der Waals surface area contributed by atoms with Crippen LogP contribution in [-0.4, -0.2) is 5.11 Å². The van der Waals surface area contributed by atoms with Crippen LogP contribution in [0.4, 0.5) is 8.78 Å². The number of nitriles is 1. The topological polar surface area (TPSA) is 44.0 Å². The Morgan fingerprint density at radius 2 is 1.89 bits per heavy atom. The molecule has 2 rings (SSSR count). The second kappa shape index (κ2) is 4.93. The SMILES string of the molecule is CC1CCC(c2cc(F)c(C#N)c(F)c2O)CC1. The molecule has 1 N–H and O–H groups in total. The van der Waals surface area contributed by atoms with E-state index in [9.17, 15) is 13.9 Å². The fourth-order valence-electron chi connectivity index (χ4n) is 2.61. The Labute approximate surface area is 105 Å². The van der Waals surface area contributed by atoms with Gasteiger partial charge in [0.25, 0.3) is 0 Å². The fourth-order valence-corrected chi connectivity index (χ4v) is 2.61. The molecule has 96 valence electrons. The normalized spacial score (nSPS) is 23.7. The number of nitrogens with zero attached hydrogens (tertiary/aromatic N) is 1. The number of aromatic hydroxyl groups is 1. The van der Waals surface area contributed by atoms with Gasteiger partial charge in [0, 0.05) is 5.56 Å². The van der Waals surface area contributed by atoms with Crippen molar-refractivity contribution in [3.63, 3.8) is 0 Å². The lowest BCUT2D eigenvalue weighted by molar-refractivity contribution is 0.335. The number of halogens is 2. The van der Waals surface area contributed by atoms with Crippen LogP contribution in [0.25, 0.3) is 0 Å². The Hall–Kier alpha value is -1.63. The molecule has 0 aromatic heterocycles. The lowest BCUT2D eigenvalue weighted by atomic mass is 9.79. The van der Waals surface area contributed by atoms with E-state index in [0.29, 0.717) is 11.5 Å². The van der Waals surface area contributed by atoms with Crippen molar-refractivity contribution < 1.29 is 13.9 Å². The number of benzene rings is 1. The first-order valence-corrected chi connectivity index (χ1v) is 6.15. The summed E-state index contributed by atoms with van der Waals surface area (Å²) in [5.74, 6) is -1.98. The average Bonchev–Trinajstić information content (AvgIpc) is 2.36. The van der Waals surface area contributed by atoms with Crippen molar-refractivity contribution in [1.29, 1.82) is 5.26 Å². The summed E-state index contributed by atoms with van der Waals surface area (Å²) >= 11 is 0. The van der Waals surface area contributed by atoms with Gasteiger partial charge < -0.3 is 5.11 Å². The highest BCUT2D eigenvalue weighted by Gasteiger charge is 2.26. The Balaban J connectivity index is 2.38. The first-order valence-electron chi connectivity index (χ1n) is 6.15. The molecule has 1 aliphatic carbocycles. The van der Waals surface area contributed by atoms with Gasteiger partial charge in [0.15, 0.2) is 11.6 Å². The van der Waals surface area contributed by atoms with Crippen LogP contribution >= 0.6 is 0 Å². The summed E-state index contributed by atoms with van der Waals surface area (Å²) in [6.45, 7) is 2.15. The van der Waals surface area contributed by atoms with Crippen molar-refractivity contribution in [2.45, 2.75) is 38.5 Å². The quantitative estimate of drug-likeness (QED) is 0.824. The highest BCUT2D eigenvalue weighted by Crippen LogP contribution is 2.41. The number of phenolic OH excluding ortho intramolecular Hbond substituents is 1. The van der Waals surface area contributed by atoms with Gasteiger partial charge in [-0.1, -0.05) is 19.8 Å². The predicted octanol–water partition coefficient (Wildman–Crippen LogP) is 3.84. The molecule has 1 saturated carbocycles. The van der Waals surface area contributed by atoms with Crippen LogP contribution in [0.15, 0.2) is 6.07 Å². The Kier molecular flexibility index (Phi) is 3.51. The van der Waals surface area contributed by atoms with E-state index in [0.717, 1.165) is 31.7 Å². The molecule has 0 atom stereocenters. The first kappa shape index (κ1) is 12.8. The lowest BCUT2D eigenvalue weighted by Crippen LogP contribution is -2.12. The predicted molar refractivity (Wildman–Crippen MR) is 63.1 cm³/mol. The minimum atomic E-state index is -1.13. The Morgan fingerprint density at radius 1 is 1.28 bits per heavy atom. The van der Waals surface area contributed by atoms with Gasteiger partial charge in [-0.15, -0.1) is 0 Å². The minimum absolute atomic E-state index is 0.0158. The molecule has 0 bridgehead atoms. The van der Waals surface area contributed by atoms with Crippen LogP contribution in [0, 0.1) is 28.9 Å². The van der Waals surface area contributed by atoms with Gasteiger partial charge >= 0.3 is 0 Å². The summed E-state index contributed by atoms with van der Waals surface area (Å²) < 4.78 is 27.2. The third kappa shape index (κ3) is 2.17. The Bertz CT molecular complexity index is 499. The van der Waals surface area contributed by atoms with Crippen LogP contribution in [0.2, 0.25) is 0 Å². The van der Waals surface area contributed by atoms with Crippen molar-refractivity contribution in [2.24, 2.45) is 5.92 Å². The van der Waals surface area contributed by atoms with Crippen molar-refractivity contribution in [3.05, 3.63) is 28.8 Å². The molecule has 18 heavy (non-hydrogen) atoms. The summed E-state index contributed by atoms with van der Waals surface area (Å²) in [5, 5.41) is 18.4. The molecule has 2 nitrogen and oxygen atoms in total. The number of hydrogen-bond acceptors (Lipinski definition) is 2. The Morgan fingerprint density at radius 3 is 2.44 bits per heavy atom. The van der Waals surface area contributed by atoms with E-state index in [1.54, 1.807) is 0 Å². The van der Waals surface area contributed by atoms with Crippen molar-refractivity contribution in [3.8, 4) is 11.8 Å². The molecular weight excluding hydrogens is 236 g/mol. The molecule has 0 spiro atoms. The minimum Gasteiger partial charge on any atom is -0.505 e. The van der Waals surface area contributed by atoms with Crippen LogP contribution < -0.4 is 0 Å². The summed E-state index contributed by atoms with van der Waals surface area (Å²) in [7, 11) is 0. The molecule has 0 radical (unpaired) electrons. The van der Waals surface area contributed by atoms with E-state index < -0.39 is 22.9 Å². The van der Waals surface area contributed by atoms with E-state index in [1.165, 1.54) is 6.07 Å². The average molecular weight is 251 g/mol. The molecule has 1 aliphatic rings. The zero-order valence-corrected chi connectivity index (χ0v) is 10.2. The summed E-state index contributed by atoms with van der Waals surface area (Å²) in [6, 6.07) is 2.54. The van der Waals surface area contributed by atoms with E-state index in [1.807, 2.05) is 0 Å². The highest BCUT2D eigenvalue weighted by atomic mass is 19.1. The molecular formula is C14H15F2NO. The third-order valence-corrected chi connectivity index (χ3v) is 3.79. The largest absolute Gasteiger partial charge is 0.505 e. The molecule has 1 aromatic carbocycles. The highest BCUT2D eigenvalue weighted by molar-refractivity contribution is 5.46. The maximum absolute atomic E-state index is 13.6. The standard InChI is InChI=1S/C14H15F2NO/c1-8-2-4-9(5-3-8)10-6-12(15)11(7-17)13(16)14(10)18/h6,8-9,18H,2-5H2,1H3. The van der Waals surface area contributed by atoms with Crippen LogP contribution in [0.5, 0.6) is 5.75 Å². The second-order valence-corrected chi connectivity index (χ2v) is 5.05. The van der Waals surface area contributed by atoms with Crippen molar-refractivity contribution in [2.75, 3.05) is 0 Å². The summed E-state index contributed by atoms with van der Waals surface area (Å²) in [6.07, 6.45) is 3.62. The van der Waals surface area contributed by atoms with E-state index in [-0.39, 0.29) is 5.92 Å². The molecule has 0 heterocycles. The van der Waals surface area contributed by atoms with Gasteiger partial charge in [-0.05, 0) is 30.7 Å². The lowest BCUT2D eigenvalue weighted by Gasteiger charge is -2.27. The van der Waals surface area contributed by atoms with Crippen molar-refractivity contribution in [1.82, 2.24) is 0 Å². The molecule has 4 heteroatoms. The molecule has 0 aliphatic heterocycles. The third-order valence-electron chi connectivity index (χ3n) is 3.79. The maximum Gasteiger partial charge on any atom is 0.185 e. The van der Waals surface area contributed by atoms with Crippen LogP contribution in [-0.2, 0) is 0 Å². The maximum atomic E-state index is 13.6. The van der Waals surface area contributed by atoms with Gasteiger partial charge in [0.1, 0.15) is 17.4 Å². The van der Waals surface area contributed by atoms with E-state index in [2.05, 4.69) is 6.92 Å². The molecule has 1 fully saturated rings. The van der Waals surface area contributed by atoms with Gasteiger partial charge in [0.05, 0.1) is 0 Å². The zero-order valence-electron chi connectivity index (χ0n) is 10.2. The van der Waals surface area contributed by atoms with E-state index >= 15 is 0 Å². The summed E-state index contributed by atoms with van der Waals surface area (Å²) in [4.78, 5) is 0. The van der Waals surface area contributed by atoms with Crippen LogP contribution in [0.1, 0.15) is 49.7 Å². The molecule has 0 amide bonds. The van der Waals surface area contributed by atoms with Gasteiger partial charge in [-0.3, -0.25) is 0 Å². The number of rotatable bonds is 1. The molecule has 0 unspecified atom stereocenters. The number of phenols is 1. The van der Waals surface area contributed by atoms with Crippen LogP contribution in [0.3, 0.4) is 0 Å². The van der Waals surface area contributed by atoms with Gasteiger partial charge in [0.2, 0.25) is 0 Å². The van der Waals surface area contributed by atoms with E-state index in [4.69, 9.17) is 5.26 Å². The molecule has 0 saturated heterocycles. The summed E-state index contributed by atoms with van der Waals surface area (Å²) in [5.41, 5.74) is -0.406. The molecule has 1 aromatic rings. The first-order chi connectivity index (χ1) is 8.54. The number of hydrogen-bond donors (Lipinski definition) is 1. The second-order valence-electron chi connectivity index (χ2n) is 5.05. The fraction of sp³-hybridized carbons (Fsp3) is 0.500. The van der Waals surface area contributed by atoms with Gasteiger partial charge in [-0.2, -0.15) is 5.26 Å². The van der Waals surface area contributed by atoms with Gasteiger partial charge in [-0.25, -0.2) is 8.78 Å².